The molecule has 2 fully saturated rings. The van der Waals surface area contributed by atoms with Crippen LogP contribution in [0.1, 0.15) is 18.4 Å². The Bertz CT molecular complexity index is 687. The van der Waals surface area contributed by atoms with Gasteiger partial charge in [-0.15, -0.1) is 0 Å². The highest BCUT2D eigenvalue weighted by Crippen LogP contribution is 2.35. The first-order valence-electron chi connectivity index (χ1n) is 7.60. The molecule has 0 amide bonds. The number of anilines is 1. The molecular weight excluding hydrogens is 376 g/mol. The molecule has 1 aromatic carbocycles. The lowest BCUT2D eigenvalue weighted by Gasteiger charge is -2.23. The number of likely N-dealkylation sites (N-methyl/N-ethyl adjacent to an activating group) is 1. The highest BCUT2D eigenvalue weighted by molar-refractivity contribution is 9.10. The van der Waals surface area contributed by atoms with Crippen molar-refractivity contribution in [2.45, 2.75) is 18.9 Å². The zero-order valence-corrected chi connectivity index (χ0v) is 15.6. The monoisotopic (exact) mass is 394 g/mol. The van der Waals surface area contributed by atoms with Gasteiger partial charge >= 0.3 is 0 Å². The number of carbonyl (C=O) groups excluding carboxylic acids is 2. The van der Waals surface area contributed by atoms with Crippen molar-refractivity contribution in [3.63, 3.8) is 0 Å². The Morgan fingerprint density at radius 3 is 2.74 bits per heavy atom. The van der Waals surface area contributed by atoms with Crippen molar-refractivity contribution in [2.75, 3.05) is 32.1 Å². The largest absolute Gasteiger partial charge is 0.369 e. The minimum Gasteiger partial charge on any atom is -0.369 e. The van der Waals surface area contributed by atoms with Crippen LogP contribution in [-0.4, -0.2) is 49.0 Å². The summed E-state index contributed by atoms with van der Waals surface area (Å²) in [5.74, 6) is -0.0708. The van der Waals surface area contributed by atoms with E-state index in [1.165, 1.54) is 0 Å². The number of thioether (sulfide) groups is 1. The van der Waals surface area contributed by atoms with Crippen LogP contribution in [0.15, 0.2) is 27.6 Å². The van der Waals surface area contributed by atoms with E-state index in [4.69, 9.17) is 0 Å². The highest BCUT2D eigenvalue weighted by atomic mass is 79.9. The van der Waals surface area contributed by atoms with E-state index < -0.39 is 0 Å². The van der Waals surface area contributed by atoms with E-state index >= 15 is 0 Å². The van der Waals surface area contributed by atoms with Gasteiger partial charge in [0, 0.05) is 34.9 Å². The maximum absolute atomic E-state index is 11.9. The van der Waals surface area contributed by atoms with Crippen molar-refractivity contribution < 1.29 is 9.59 Å². The van der Waals surface area contributed by atoms with Crippen molar-refractivity contribution in [3.05, 3.63) is 33.1 Å². The molecule has 122 valence electrons. The van der Waals surface area contributed by atoms with Crippen LogP contribution < -0.4 is 4.90 Å². The van der Waals surface area contributed by atoms with Crippen LogP contribution in [0.4, 0.5) is 5.69 Å². The predicted octanol–water partition coefficient (Wildman–Crippen LogP) is 3.16. The third kappa shape index (κ3) is 3.70. The van der Waals surface area contributed by atoms with Gasteiger partial charge in [0.2, 0.25) is 5.12 Å². The summed E-state index contributed by atoms with van der Waals surface area (Å²) in [6, 6.07) is 6.67. The van der Waals surface area contributed by atoms with Crippen LogP contribution in [0, 0.1) is 0 Å². The molecule has 2 saturated heterocycles. The SMILES string of the molecule is CN(C)[C@H]1CCN(c2ccc(Br)cc2C=C2SC(=O)CC2=O)C1. The summed E-state index contributed by atoms with van der Waals surface area (Å²) in [6.07, 6.45) is 3.01. The fourth-order valence-electron chi connectivity index (χ4n) is 3.00. The minimum atomic E-state index is -0.0708. The lowest BCUT2D eigenvalue weighted by molar-refractivity contribution is -0.119. The first-order valence-corrected chi connectivity index (χ1v) is 9.21. The molecule has 4 nitrogen and oxygen atoms in total. The van der Waals surface area contributed by atoms with E-state index in [0.29, 0.717) is 10.9 Å². The van der Waals surface area contributed by atoms with Gasteiger partial charge in [-0.3, -0.25) is 9.59 Å². The van der Waals surface area contributed by atoms with E-state index in [-0.39, 0.29) is 17.3 Å². The average molecular weight is 395 g/mol. The Balaban J connectivity index is 1.92. The van der Waals surface area contributed by atoms with E-state index in [0.717, 1.165) is 47.0 Å². The number of halogens is 1. The Hall–Kier alpha value is -1.11. The second-order valence-corrected chi connectivity index (χ2v) is 8.15. The molecule has 2 aliphatic heterocycles. The summed E-state index contributed by atoms with van der Waals surface area (Å²) >= 11 is 4.56. The van der Waals surface area contributed by atoms with Gasteiger partial charge in [-0.25, -0.2) is 0 Å². The Morgan fingerprint density at radius 2 is 2.13 bits per heavy atom. The van der Waals surface area contributed by atoms with Crippen LogP contribution in [0.25, 0.3) is 6.08 Å². The van der Waals surface area contributed by atoms with Crippen LogP contribution >= 0.6 is 27.7 Å². The maximum Gasteiger partial charge on any atom is 0.201 e. The fourth-order valence-corrected chi connectivity index (χ4v) is 4.20. The number of carbonyl (C=O) groups is 2. The second kappa shape index (κ2) is 6.79. The van der Waals surface area contributed by atoms with Crippen LogP contribution in [0.2, 0.25) is 0 Å². The molecule has 0 unspecified atom stereocenters. The van der Waals surface area contributed by atoms with Gasteiger partial charge in [-0.1, -0.05) is 15.9 Å². The Labute approximate surface area is 149 Å². The fraction of sp³-hybridized carbons (Fsp3) is 0.412. The third-order valence-electron chi connectivity index (χ3n) is 4.31. The van der Waals surface area contributed by atoms with Gasteiger partial charge in [0.15, 0.2) is 5.78 Å². The number of rotatable bonds is 3. The summed E-state index contributed by atoms with van der Waals surface area (Å²) < 4.78 is 0.971. The summed E-state index contributed by atoms with van der Waals surface area (Å²) in [4.78, 5) is 28.5. The van der Waals surface area contributed by atoms with Gasteiger partial charge in [-0.2, -0.15) is 0 Å². The second-order valence-electron chi connectivity index (χ2n) is 6.14. The lowest BCUT2D eigenvalue weighted by atomic mass is 10.1. The van der Waals surface area contributed by atoms with E-state index in [9.17, 15) is 9.59 Å². The van der Waals surface area contributed by atoms with E-state index in [1.807, 2.05) is 18.2 Å². The number of hydrogen-bond acceptors (Lipinski definition) is 5. The molecule has 0 spiro atoms. The number of ketones is 1. The molecule has 0 aliphatic carbocycles. The van der Waals surface area contributed by atoms with Crippen LogP contribution in [0.5, 0.6) is 0 Å². The summed E-state index contributed by atoms with van der Waals surface area (Å²) in [6.45, 7) is 1.98. The van der Waals surface area contributed by atoms with Crippen molar-refractivity contribution >= 4 is 50.4 Å². The molecule has 3 rings (SSSR count). The smallest absolute Gasteiger partial charge is 0.201 e. The van der Waals surface area contributed by atoms with Crippen molar-refractivity contribution in [1.29, 1.82) is 0 Å². The molecule has 0 bridgehead atoms. The first kappa shape index (κ1) is 16.7. The van der Waals surface area contributed by atoms with Crippen molar-refractivity contribution in [3.8, 4) is 0 Å². The van der Waals surface area contributed by atoms with Crippen molar-refractivity contribution in [2.24, 2.45) is 0 Å². The molecule has 6 heteroatoms. The average Bonchev–Trinajstić information content (AvgIpc) is 3.07. The van der Waals surface area contributed by atoms with E-state index in [2.05, 4.69) is 45.9 Å². The highest BCUT2D eigenvalue weighted by Gasteiger charge is 2.28. The normalized spacial score (nSPS) is 23.6. The predicted molar refractivity (Wildman–Crippen MR) is 98.6 cm³/mol. The van der Waals surface area contributed by atoms with Gasteiger partial charge in [0.05, 0.1) is 11.3 Å². The summed E-state index contributed by atoms with van der Waals surface area (Å²) in [5, 5.41) is -0.0633. The topological polar surface area (TPSA) is 40.6 Å². The number of hydrogen-bond donors (Lipinski definition) is 0. The van der Waals surface area contributed by atoms with Gasteiger partial charge < -0.3 is 9.80 Å². The molecule has 0 N–H and O–H groups in total. The molecular formula is C17H19BrN2O2S. The molecule has 0 aromatic heterocycles. The zero-order valence-electron chi connectivity index (χ0n) is 13.2. The molecule has 23 heavy (non-hydrogen) atoms. The third-order valence-corrected chi connectivity index (χ3v) is 5.74. The Morgan fingerprint density at radius 1 is 1.35 bits per heavy atom. The first-order chi connectivity index (χ1) is 10.9. The lowest BCUT2D eigenvalue weighted by Crippen LogP contribution is -2.31. The number of nitrogens with zero attached hydrogens (tertiary/aromatic N) is 2. The number of Topliss-reactive ketones (excluding diaryl/α,β-unsaturated/α-hetero) is 1. The molecule has 1 aromatic rings. The van der Waals surface area contributed by atoms with Crippen LogP contribution in [0.3, 0.4) is 0 Å². The summed E-state index contributed by atoms with van der Waals surface area (Å²) in [7, 11) is 4.22. The van der Waals surface area contributed by atoms with Crippen LogP contribution in [-0.2, 0) is 9.59 Å². The minimum absolute atomic E-state index is 0.0201. The molecule has 2 aliphatic rings. The van der Waals surface area contributed by atoms with Gasteiger partial charge in [-0.05, 0) is 56.6 Å². The zero-order chi connectivity index (χ0) is 16.6. The Kier molecular flexibility index (Phi) is 4.94. The number of allylic oxidation sites excluding steroid dienone is 1. The van der Waals surface area contributed by atoms with E-state index in [1.54, 1.807) is 0 Å². The van der Waals surface area contributed by atoms with Gasteiger partial charge in [0.1, 0.15) is 0 Å². The molecule has 1 atom stereocenters. The molecule has 0 saturated carbocycles. The van der Waals surface area contributed by atoms with Gasteiger partial charge in [0.25, 0.3) is 0 Å². The van der Waals surface area contributed by atoms with Crippen molar-refractivity contribution in [1.82, 2.24) is 4.90 Å². The maximum atomic E-state index is 11.9. The number of benzene rings is 1. The molecule has 0 radical (unpaired) electrons. The quantitative estimate of drug-likeness (QED) is 0.581. The standard InChI is InChI=1S/C17H19BrN2O2S/c1-19(2)13-5-6-20(10-13)14-4-3-12(18)7-11(14)8-16-15(21)9-17(22)23-16/h3-4,7-8,13H,5-6,9-10H2,1-2H3/t13-/m0/s1. The molecule has 2 heterocycles. The summed E-state index contributed by atoms with van der Waals surface area (Å²) in [5.41, 5.74) is 2.11.